The van der Waals surface area contributed by atoms with Gasteiger partial charge in [-0.05, 0) is 42.5 Å². The van der Waals surface area contributed by atoms with Crippen LogP contribution in [0.25, 0.3) is 0 Å². The predicted octanol–water partition coefficient (Wildman–Crippen LogP) is 4.19. The molecule has 1 heterocycles. The van der Waals surface area contributed by atoms with Gasteiger partial charge in [0.15, 0.2) is 0 Å². The van der Waals surface area contributed by atoms with E-state index in [0.29, 0.717) is 5.56 Å². The summed E-state index contributed by atoms with van der Waals surface area (Å²) >= 11 is 0. The molecule has 3 rings (SSSR count). The first kappa shape index (κ1) is 15.7. The van der Waals surface area contributed by atoms with Gasteiger partial charge in [-0.15, -0.1) is 0 Å². The maximum atomic E-state index is 13.5. The standard InChI is InChI=1S/C20H21FN2/c1-16-13-18(7-8-19(16)21)20(15-22)9-11-23(12-10-20)14-17-5-3-2-4-6-17/h2-8,13H,9-12,14H2,1H3. The highest BCUT2D eigenvalue weighted by Gasteiger charge is 2.36. The van der Waals surface area contributed by atoms with Crippen molar-refractivity contribution in [2.24, 2.45) is 0 Å². The summed E-state index contributed by atoms with van der Waals surface area (Å²) in [6, 6.07) is 18.0. The number of nitriles is 1. The Hall–Kier alpha value is -2.18. The van der Waals surface area contributed by atoms with E-state index in [0.717, 1.165) is 38.0 Å². The minimum Gasteiger partial charge on any atom is -0.299 e. The molecule has 0 atom stereocenters. The molecule has 0 bridgehead atoms. The third kappa shape index (κ3) is 3.28. The summed E-state index contributed by atoms with van der Waals surface area (Å²) in [5, 5.41) is 9.77. The summed E-state index contributed by atoms with van der Waals surface area (Å²) in [6.07, 6.45) is 1.59. The van der Waals surface area contributed by atoms with Crippen molar-refractivity contribution in [1.29, 1.82) is 5.26 Å². The van der Waals surface area contributed by atoms with Crippen LogP contribution in [0.2, 0.25) is 0 Å². The number of aryl methyl sites for hydroxylation is 1. The van der Waals surface area contributed by atoms with Crippen molar-refractivity contribution in [2.75, 3.05) is 13.1 Å². The molecule has 2 nitrogen and oxygen atoms in total. The van der Waals surface area contributed by atoms with E-state index in [4.69, 9.17) is 0 Å². The predicted molar refractivity (Wildman–Crippen MR) is 89.4 cm³/mol. The second kappa shape index (κ2) is 6.52. The largest absolute Gasteiger partial charge is 0.299 e. The first-order valence-corrected chi connectivity index (χ1v) is 8.07. The first-order chi connectivity index (χ1) is 11.1. The van der Waals surface area contributed by atoms with E-state index in [9.17, 15) is 9.65 Å². The zero-order chi connectivity index (χ0) is 16.3. The lowest BCUT2D eigenvalue weighted by Gasteiger charge is -2.37. The fourth-order valence-electron chi connectivity index (χ4n) is 3.34. The van der Waals surface area contributed by atoms with Crippen LogP contribution < -0.4 is 0 Å². The summed E-state index contributed by atoms with van der Waals surface area (Å²) in [7, 11) is 0. The number of hydrogen-bond donors (Lipinski definition) is 0. The molecule has 2 aromatic rings. The van der Waals surface area contributed by atoms with Crippen LogP contribution in [0.5, 0.6) is 0 Å². The molecule has 0 radical (unpaired) electrons. The fourth-order valence-corrected chi connectivity index (χ4v) is 3.34. The monoisotopic (exact) mass is 308 g/mol. The number of hydrogen-bond acceptors (Lipinski definition) is 2. The smallest absolute Gasteiger partial charge is 0.126 e. The van der Waals surface area contributed by atoms with Gasteiger partial charge in [0.05, 0.1) is 11.5 Å². The zero-order valence-electron chi connectivity index (χ0n) is 13.4. The van der Waals surface area contributed by atoms with Crippen LogP contribution in [0.4, 0.5) is 4.39 Å². The SMILES string of the molecule is Cc1cc(C2(C#N)CCN(Cc3ccccc3)CC2)ccc1F. The molecule has 1 aliphatic rings. The van der Waals surface area contributed by atoms with E-state index in [1.54, 1.807) is 13.0 Å². The van der Waals surface area contributed by atoms with Gasteiger partial charge in [-0.25, -0.2) is 4.39 Å². The average Bonchev–Trinajstić information content (AvgIpc) is 2.59. The van der Waals surface area contributed by atoms with Crippen LogP contribution in [-0.4, -0.2) is 18.0 Å². The van der Waals surface area contributed by atoms with E-state index >= 15 is 0 Å². The van der Waals surface area contributed by atoms with E-state index in [1.807, 2.05) is 12.1 Å². The Morgan fingerprint density at radius 3 is 2.43 bits per heavy atom. The molecule has 0 aliphatic carbocycles. The molecular formula is C20H21FN2. The quantitative estimate of drug-likeness (QED) is 0.850. The zero-order valence-corrected chi connectivity index (χ0v) is 13.4. The molecule has 118 valence electrons. The minimum atomic E-state index is -0.481. The van der Waals surface area contributed by atoms with Gasteiger partial charge in [0.1, 0.15) is 5.82 Å². The number of benzene rings is 2. The molecule has 0 aromatic heterocycles. The van der Waals surface area contributed by atoms with Crippen LogP contribution in [0, 0.1) is 24.1 Å². The van der Waals surface area contributed by atoms with E-state index < -0.39 is 5.41 Å². The van der Waals surface area contributed by atoms with Crippen molar-refractivity contribution in [3.05, 3.63) is 71.0 Å². The summed E-state index contributed by atoms with van der Waals surface area (Å²) in [6.45, 7) is 4.46. The lowest BCUT2D eigenvalue weighted by molar-refractivity contribution is 0.179. The van der Waals surface area contributed by atoms with Crippen LogP contribution in [-0.2, 0) is 12.0 Å². The van der Waals surface area contributed by atoms with E-state index in [1.165, 1.54) is 11.6 Å². The number of likely N-dealkylation sites (tertiary alicyclic amines) is 1. The second-order valence-corrected chi connectivity index (χ2v) is 6.42. The second-order valence-electron chi connectivity index (χ2n) is 6.42. The van der Waals surface area contributed by atoms with Crippen molar-refractivity contribution in [1.82, 2.24) is 4.90 Å². The lowest BCUT2D eigenvalue weighted by Crippen LogP contribution is -2.41. The lowest BCUT2D eigenvalue weighted by atomic mass is 9.73. The van der Waals surface area contributed by atoms with Crippen molar-refractivity contribution < 1.29 is 4.39 Å². The van der Waals surface area contributed by atoms with Gasteiger partial charge in [-0.3, -0.25) is 4.90 Å². The number of halogens is 1. The topological polar surface area (TPSA) is 27.0 Å². The number of nitrogens with zero attached hydrogens (tertiary/aromatic N) is 2. The molecule has 0 saturated carbocycles. The Morgan fingerprint density at radius 1 is 1.13 bits per heavy atom. The van der Waals surface area contributed by atoms with Gasteiger partial charge in [0.25, 0.3) is 0 Å². The summed E-state index contributed by atoms with van der Waals surface area (Å²) < 4.78 is 13.5. The normalized spacial score (nSPS) is 17.6. The van der Waals surface area contributed by atoms with Gasteiger partial charge in [-0.1, -0.05) is 42.5 Å². The Kier molecular flexibility index (Phi) is 4.45. The van der Waals surface area contributed by atoms with Gasteiger partial charge in [-0.2, -0.15) is 5.26 Å². The Morgan fingerprint density at radius 2 is 1.83 bits per heavy atom. The third-order valence-corrected chi connectivity index (χ3v) is 4.88. The summed E-state index contributed by atoms with van der Waals surface area (Å²) in [5.74, 6) is -0.205. The van der Waals surface area contributed by atoms with Crippen LogP contribution in [0.15, 0.2) is 48.5 Å². The van der Waals surface area contributed by atoms with Crippen molar-refractivity contribution in [3.63, 3.8) is 0 Å². The van der Waals surface area contributed by atoms with Crippen LogP contribution in [0.3, 0.4) is 0 Å². The van der Waals surface area contributed by atoms with Crippen LogP contribution >= 0.6 is 0 Å². The highest BCUT2D eigenvalue weighted by Crippen LogP contribution is 2.36. The summed E-state index contributed by atoms with van der Waals surface area (Å²) in [5.41, 5.74) is 2.39. The molecule has 1 aliphatic heterocycles. The number of piperidine rings is 1. The Bertz CT molecular complexity index is 710. The number of rotatable bonds is 3. The molecule has 1 fully saturated rings. The molecule has 0 amide bonds. The minimum absolute atomic E-state index is 0.205. The molecular weight excluding hydrogens is 287 g/mol. The van der Waals surface area contributed by atoms with Crippen molar-refractivity contribution in [3.8, 4) is 6.07 Å². The molecule has 0 unspecified atom stereocenters. The highest BCUT2D eigenvalue weighted by atomic mass is 19.1. The maximum absolute atomic E-state index is 13.5. The third-order valence-electron chi connectivity index (χ3n) is 4.88. The summed E-state index contributed by atoms with van der Waals surface area (Å²) in [4.78, 5) is 2.39. The van der Waals surface area contributed by atoms with Gasteiger partial charge in [0, 0.05) is 19.6 Å². The van der Waals surface area contributed by atoms with E-state index in [-0.39, 0.29) is 5.82 Å². The average molecular weight is 308 g/mol. The molecule has 23 heavy (non-hydrogen) atoms. The molecule has 1 saturated heterocycles. The van der Waals surface area contributed by atoms with Crippen LogP contribution in [0.1, 0.15) is 29.5 Å². The van der Waals surface area contributed by atoms with Gasteiger partial charge in [0.2, 0.25) is 0 Å². The van der Waals surface area contributed by atoms with Crippen molar-refractivity contribution in [2.45, 2.75) is 31.7 Å². The molecule has 3 heteroatoms. The van der Waals surface area contributed by atoms with Crippen molar-refractivity contribution >= 4 is 0 Å². The van der Waals surface area contributed by atoms with Gasteiger partial charge >= 0.3 is 0 Å². The Balaban J connectivity index is 1.72. The van der Waals surface area contributed by atoms with E-state index in [2.05, 4.69) is 35.2 Å². The highest BCUT2D eigenvalue weighted by molar-refractivity contribution is 5.36. The Labute approximate surface area is 137 Å². The molecule has 0 N–H and O–H groups in total. The fraction of sp³-hybridized carbons (Fsp3) is 0.350. The maximum Gasteiger partial charge on any atom is 0.126 e. The first-order valence-electron chi connectivity index (χ1n) is 8.07. The molecule has 2 aromatic carbocycles. The molecule has 0 spiro atoms. The van der Waals surface area contributed by atoms with Gasteiger partial charge < -0.3 is 0 Å².